The molecule has 1 amide bonds. The molecule has 4 nitrogen and oxygen atoms in total. The van der Waals surface area contributed by atoms with Gasteiger partial charge in [-0.2, -0.15) is 0 Å². The number of amides is 1. The van der Waals surface area contributed by atoms with Crippen molar-refractivity contribution in [2.45, 2.75) is 18.7 Å². The van der Waals surface area contributed by atoms with Crippen molar-refractivity contribution in [1.82, 2.24) is 0 Å². The van der Waals surface area contributed by atoms with Gasteiger partial charge in [0, 0.05) is 33.9 Å². The number of hydrogen-bond acceptors (Lipinski definition) is 3. The zero-order chi connectivity index (χ0) is 12.1. The molecule has 88 valence electrons. The maximum Gasteiger partial charge on any atom is 0.248 e. The molecule has 0 fully saturated rings. The van der Waals surface area contributed by atoms with Crippen LogP contribution in [0.1, 0.15) is 22.8 Å². The van der Waals surface area contributed by atoms with Gasteiger partial charge in [0.1, 0.15) is 0 Å². The molecule has 1 aromatic carbocycles. The molecule has 0 saturated carbocycles. The number of carbonyl (C=O) groups excluding carboxylic acids is 1. The highest BCUT2D eigenvalue weighted by Crippen LogP contribution is 2.07. The van der Waals surface area contributed by atoms with E-state index in [1.165, 1.54) is 0 Å². The van der Waals surface area contributed by atoms with Gasteiger partial charge in [0.25, 0.3) is 0 Å². The van der Waals surface area contributed by atoms with Crippen LogP contribution in [0.5, 0.6) is 0 Å². The predicted octanol–water partition coefficient (Wildman–Crippen LogP) is 0.381. The summed E-state index contributed by atoms with van der Waals surface area (Å²) in [6, 6.07) is 6.78. The van der Waals surface area contributed by atoms with Crippen molar-refractivity contribution in [1.29, 1.82) is 0 Å². The molecule has 16 heavy (non-hydrogen) atoms. The fourth-order valence-electron chi connectivity index (χ4n) is 1.35. The van der Waals surface area contributed by atoms with E-state index in [9.17, 15) is 9.00 Å². The minimum absolute atomic E-state index is 0.0832. The van der Waals surface area contributed by atoms with Gasteiger partial charge in [-0.05, 0) is 24.6 Å². The molecular weight excluding hydrogens is 224 g/mol. The van der Waals surface area contributed by atoms with Crippen molar-refractivity contribution in [3.63, 3.8) is 0 Å². The van der Waals surface area contributed by atoms with Crippen LogP contribution in [-0.2, 0) is 16.6 Å². The summed E-state index contributed by atoms with van der Waals surface area (Å²) in [5.74, 6) is 0.392. The highest BCUT2D eigenvalue weighted by molar-refractivity contribution is 7.84. The molecule has 5 heteroatoms. The van der Waals surface area contributed by atoms with Gasteiger partial charge in [-0.1, -0.05) is 12.1 Å². The van der Waals surface area contributed by atoms with E-state index in [0.717, 1.165) is 5.56 Å². The second-order valence-corrected chi connectivity index (χ2v) is 5.29. The Labute approximate surface area is 97.5 Å². The number of nitrogens with two attached hydrogens (primary N) is 2. The second-order valence-electron chi connectivity index (χ2n) is 3.79. The van der Waals surface area contributed by atoms with Crippen molar-refractivity contribution in [3.8, 4) is 0 Å². The highest BCUT2D eigenvalue weighted by Gasteiger charge is 2.06. The summed E-state index contributed by atoms with van der Waals surface area (Å²) in [5.41, 5.74) is 12.0. The molecule has 0 aliphatic rings. The van der Waals surface area contributed by atoms with Gasteiger partial charge >= 0.3 is 0 Å². The van der Waals surface area contributed by atoms with Crippen LogP contribution >= 0.6 is 0 Å². The highest BCUT2D eigenvalue weighted by atomic mass is 32.2. The van der Waals surface area contributed by atoms with Gasteiger partial charge in [0.2, 0.25) is 5.91 Å². The lowest BCUT2D eigenvalue weighted by molar-refractivity contribution is 0.1000. The Morgan fingerprint density at radius 1 is 1.50 bits per heavy atom. The van der Waals surface area contributed by atoms with Crippen LogP contribution in [0.25, 0.3) is 0 Å². The van der Waals surface area contributed by atoms with Crippen molar-refractivity contribution in [3.05, 3.63) is 35.4 Å². The zero-order valence-electron chi connectivity index (χ0n) is 9.18. The summed E-state index contributed by atoms with van der Waals surface area (Å²) in [6.07, 6.45) is 0. The van der Waals surface area contributed by atoms with Crippen molar-refractivity contribution in [2.75, 3.05) is 5.75 Å². The molecule has 0 aromatic heterocycles. The maximum atomic E-state index is 11.6. The molecule has 1 rings (SSSR count). The Bertz CT molecular complexity index is 405. The third-order valence-corrected chi connectivity index (χ3v) is 3.54. The first-order valence-corrected chi connectivity index (χ1v) is 6.47. The van der Waals surface area contributed by atoms with E-state index >= 15 is 0 Å². The summed E-state index contributed by atoms with van der Waals surface area (Å²) in [7, 11) is -1.000. The standard InChI is InChI=1S/C11H16N2O2S/c1-8(12)6-16(15)7-9-3-2-4-10(5-9)11(13)14/h2-5,8H,6-7,12H2,1H3,(H2,13,14). The number of primary amides is 1. The molecule has 0 radical (unpaired) electrons. The van der Waals surface area contributed by atoms with Gasteiger partial charge in [-0.3, -0.25) is 9.00 Å². The SMILES string of the molecule is CC(N)CS(=O)Cc1cccc(C(N)=O)c1. The molecule has 0 saturated heterocycles. The number of hydrogen-bond donors (Lipinski definition) is 2. The lowest BCUT2D eigenvalue weighted by atomic mass is 10.1. The van der Waals surface area contributed by atoms with E-state index in [0.29, 0.717) is 17.1 Å². The summed E-state index contributed by atoms with van der Waals surface area (Å²) in [6.45, 7) is 1.82. The van der Waals surface area contributed by atoms with Gasteiger partial charge in [-0.25, -0.2) is 0 Å². The monoisotopic (exact) mass is 240 g/mol. The summed E-state index contributed by atoms with van der Waals surface area (Å²) < 4.78 is 11.6. The lowest BCUT2D eigenvalue weighted by Crippen LogP contribution is -2.23. The Kier molecular flexibility index (Phi) is 4.64. The van der Waals surface area contributed by atoms with Crippen molar-refractivity contribution < 1.29 is 9.00 Å². The Balaban J connectivity index is 2.70. The Morgan fingerprint density at radius 2 is 2.19 bits per heavy atom. The average molecular weight is 240 g/mol. The van der Waals surface area contributed by atoms with Crippen LogP contribution in [0.4, 0.5) is 0 Å². The van der Waals surface area contributed by atoms with E-state index in [1.54, 1.807) is 18.2 Å². The first-order chi connectivity index (χ1) is 7.49. The molecule has 0 bridgehead atoms. The van der Waals surface area contributed by atoms with E-state index < -0.39 is 16.7 Å². The largest absolute Gasteiger partial charge is 0.366 e. The molecular formula is C11H16N2O2S. The average Bonchev–Trinajstić information content (AvgIpc) is 2.16. The maximum absolute atomic E-state index is 11.6. The van der Waals surface area contributed by atoms with Crippen molar-refractivity contribution >= 4 is 16.7 Å². The van der Waals surface area contributed by atoms with Gasteiger partial charge in [0.05, 0.1) is 0 Å². The first kappa shape index (κ1) is 12.9. The lowest BCUT2D eigenvalue weighted by Gasteiger charge is -2.06. The molecule has 0 aliphatic carbocycles. The summed E-state index contributed by atoms with van der Waals surface area (Å²) in [5, 5.41) is 0. The quantitative estimate of drug-likeness (QED) is 0.780. The van der Waals surface area contributed by atoms with E-state index in [-0.39, 0.29) is 6.04 Å². The van der Waals surface area contributed by atoms with Crippen LogP contribution in [0.15, 0.2) is 24.3 Å². The van der Waals surface area contributed by atoms with Crippen LogP contribution < -0.4 is 11.5 Å². The number of benzene rings is 1. The summed E-state index contributed by atoms with van der Waals surface area (Å²) in [4.78, 5) is 10.9. The molecule has 2 atom stereocenters. The van der Waals surface area contributed by atoms with Crippen molar-refractivity contribution in [2.24, 2.45) is 11.5 Å². The topological polar surface area (TPSA) is 86.2 Å². The predicted molar refractivity (Wildman–Crippen MR) is 65.3 cm³/mol. The van der Waals surface area contributed by atoms with Crippen LogP contribution in [0.3, 0.4) is 0 Å². The van der Waals surface area contributed by atoms with Crippen LogP contribution in [-0.4, -0.2) is 21.9 Å². The summed E-state index contributed by atoms with van der Waals surface area (Å²) >= 11 is 0. The minimum Gasteiger partial charge on any atom is -0.366 e. The first-order valence-electron chi connectivity index (χ1n) is 4.98. The molecule has 2 unspecified atom stereocenters. The fourth-order valence-corrected chi connectivity index (χ4v) is 2.61. The normalized spacial score (nSPS) is 14.4. The van der Waals surface area contributed by atoms with Gasteiger partial charge in [0.15, 0.2) is 0 Å². The fraction of sp³-hybridized carbons (Fsp3) is 0.364. The van der Waals surface area contributed by atoms with Gasteiger partial charge in [-0.15, -0.1) is 0 Å². The smallest absolute Gasteiger partial charge is 0.248 e. The molecule has 0 aliphatic heterocycles. The zero-order valence-corrected chi connectivity index (χ0v) is 10.00. The Hall–Kier alpha value is -1.20. The van der Waals surface area contributed by atoms with Gasteiger partial charge < -0.3 is 11.5 Å². The number of carbonyl (C=O) groups is 1. The molecule has 0 spiro atoms. The van der Waals surface area contributed by atoms with E-state index in [4.69, 9.17) is 11.5 Å². The number of rotatable bonds is 5. The third-order valence-electron chi connectivity index (χ3n) is 1.99. The molecule has 1 aromatic rings. The van der Waals surface area contributed by atoms with Crippen LogP contribution in [0.2, 0.25) is 0 Å². The molecule has 4 N–H and O–H groups in total. The second kappa shape index (κ2) is 5.77. The minimum atomic E-state index is -1.000. The molecule has 0 heterocycles. The Morgan fingerprint density at radius 3 is 2.75 bits per heavy atom. The van der Waals surface area contributed by atoms with Crippen LogP contribution in [0, 0.1) is 0 Å². The van der Waals surface area contributed by atoms with E-state index in [2.05, 4.69) is 0 Å². The third kappa shape index (κ3) is 4.12. The van der Waals surface area contributed by atoms with E-state index in [1.807, 2.05) is 13.0 Å².